The Morgan fingerprint density at radius 3 is 2.83 bits per heavy atom. The Labute approximate surface area is 119 Å². The lowest BCUT2D eigenvalue weighted by Crippen LogP contribution is -2.27. The largest absolute Gasteiger partial charge is 0.506 e. The molecule has 0 aromatic heterocycles. The molecular formula is C12H10ClNO2S2. The number of nitrogens with zero attached hydrogens (tertiary/aromatic N) is 1. The summed E-state index contributed by atoms with van der Waals surface area (Å²) < 4.78 is 0.568. The maximum Gasteiger partial charge on any atom is 0.266 e. The molecule has 1 aromatic rings. The number of carbonyl (C=O) groups is 1. The highest BCUT2D eigenvalue weighted by molar-refractivity contribution is 8.26. The lowest BCUT2D eigenvalue weighted by Gasteiger charge is -2.09. The topological polar surface area (TPSA) is 40.5 Å². The highest BCUT2D eigenvalue weighted by atomic mass is 35.5. The third kappa shape index (κ3) is 2.53. The van der Waals surface area contributed by atoms with Crippen LogP contribution in [0.4, 0.5) is 0 Å². The van der Waals surface area contributed by atoms with Gasteiger partial charge in [0.15, 0.2) is 0 Å². The van der Waals surface area contributed by atoms with Gasteiger partial charge in [-0.1, -0.05) is 41.6 Å². The standard InChI is InChI=1S/C12H10ClNO2S2/c1-2-14-11(16)10(18-12(14)17)6-7-3-4-9(15)8(13)5-7/h3-6,15H,2H2,1H3. The molecule has 1 aromatic carbocycles. The molecule has 2 rings (SSSR count). The summed E-state index contributed by atoms with van der Waals surface area (Å²) in [6, 6.07) is 4.80. The number of rotatable bonds is 2. The molecular weight excluding hydrogens is 290 g/mol. The minimum atomic E-state index is -0.0864. The highest BCUT2D eigenvalue weighted by Crippen LogP contribution is 2.33. The molecule has 3 nitrogen and oxygen atoms in total. The van der Waals surface area contributed by atoms with E-state index in [-0.39, 0.29) is 16.7 Å². The maximum absolute atomic E-state index is 12.0. The van der Waals surface area contributed by atoms with Gasteiger partial charge in [-0.15, -0.1) is 0 Å². The van der Waals surface area contributed by atoms with Crippen molar-refractivity contribution >= 4 is 51.9 Å². The van der Waals surface area contributed by atoms with E-state index in [1.807, 2.05) is 6.92 Å². The quantitative estimate of drug-likeness (QED) is 0.672. The molecule has 1 aliphatic rings. The predicted octanol–water partition coefficient (Wildman–Crippen LogP) is 3.27. The summed E-state index contributed by atoms with van der Waals surface area (Å²) in [7, 11) is 0. The Balaban J connectivity index is 2.32. The third-order valence-corrected chi connectivity index (χ3v) is 4.14. The minimum absolute atomic E-state index is 0.0231. The molecule has 1 fully saturated rings. The third-order valence-electron chi connectivity index (χ3n) is 2.46. The number of thiocarbonyl (C=S) groups is 1. The number of hydrogen-bond acceptors (Lipinski definition) is 4. The SMILES string of the molecule is CCN1C(=O)C(=Cc2ccc(O)c(Cl)c2)SC1=S. The van der Waals surface area contributed by atoms with Crippen LogP contribution in [-0.4, -0.2) is 26.8 Å². The molecule has 0 aliphatic carbocycles. The van der Waals surface area contributed by atoms with Gasteiger partial charge in [0.1, 0.15) is 10.1 Å². The fourth-order valence-electron chi connectivity index (χ4n) is 1.54. The first-order valence-corrected chi connectivity index (χ1v) is 6.87. The first-order valence-electron chi connectivity index (χ1n) is 5.27. The normalized spacial score (nSPS) is 17.9. The number of likely N-dealkylation sites (N-methyl/N-ethyl adjacent to an activating group) is 1. The molecule has 0 radical (unpaired) electrons. The number of aromatic hydroxyl groups is 1. The Bertz CT molecular complexity index is 557. The van der Waals surface area contributed by atoms with Gasteiger partial charge in [0, 0.05) is 6.54 Å². The lowest BCUT2D eigenvalue weighted by atomic mass is 10.2. The molecule has 1 aliphatic heterocycles. The van der Waals surface area contributed by atoms with Crippen molar-refractivity contribution in [3.63, 3.8) is 0 Å². The van der Waals surface area contributed by atoms with E-state index in [4.69, 9.17) is 23.8 Å². The van der Waals surface area contributed by atoms with Gasteiger partial charge < -0.3 is 5.11 Å². The van der Waals surface area contributed by atoms with Crippen LogP contribution < -0.4 is 0 Å². The zero-order chi connectivity index (χ0) is 13.3. The maximum atomic E-state index is 12.0. The summed E-state index contributed by atoms with van der Waals surface area (Å²) in [6.45, 7) is 2.45. The number of carbonyl (C=O) groups excluding carboxylic acids is 1. The van der Waals surface area contributed by atoms with Gasteiger partial charge in [0.05, 0.1) is 9.93 Å². The number of amides is 1. The van der Waals surface area contributed by atoms with Crippen molar-refractivity contribution in [2.45, 2.75) is 6.92 Å². The lowest BCUT2D eigenvalue weighted by molar-refractivity contribution is -0.121. The number of phenols is 1. The van der Waals surface area contributed by atoms with E-state index in [0.29, 0.717) is 15.8 Å². The smallest absolute Gasteiger partial charge is 0.266 e. The summed E-state index contributed by atoms with van der Waals surface area (Å²) in [5, 5.41) is 9.58. The summed E-state index contributed by atoms with van der Waals surface area (Å²) in [5.74, 6) is -0.0633. The second-order valence-corrected chi connectivity index (χ2v) is 5.72. The molecule has 0 atom stereocenters. The molecule has 0 spiro atoms. The van der Waals surface area contributed by atoms with Gasteiger partial charge in [0.2, 0.25) is 0 Å². The molecule has 6 heteroatoms. The first-order chi connectivity index (χ1) is 8.52. The second kappa shape index (κ2) is 5.30. The number of hydrogen-bond donors (Lipinski definition) is 1. The molecule has 0 unspecified atom stereocenters. The molecule has 1 saturated heterocycles. The van der Waals surface area contributed by atoms with E-state index in [9.17, 15) is 9.90 Å². The molecule has 0 saturated carbocycles. The van der Waals surface area contributed by atoms with Crippen LogP contribution in [0.5, 0.6) is 5.75 Å². The molecule has 94 valence electrons. The number of benzene rings is 1. The van der Waals surface area contributed by atoms with Crippen molar-refractivity contribution in [3.8, 4) is 5.75 Å². The zero-order valence-electron chi connectivity index (χ0n) is 9.51. The molecule has 1 amide bonds. The van der Waals surface area contributed by atoms with E-state index in [0.717, 1.165) is 5.56 Å². The summed E-state index contributed by atoms with van der Waals surface area (Å²) in [4.78, 5) is 14.1. The number of phenolic OH excluding ortho intramolecular Hbond substituents is 1. The van der Waals surface area contributed by atoms with E-state index >= 15 is 0 Å². The van der Waals surface area contributed by atoms with Gasteiger partial charge >= 0.3 is 0 Å². The van der Waals surface area contributed by atoms with Crippen molar-refractivity contribution in [1.82, 2.24) is 4.90 Å². The zero-order valence-corrected chi connectivity index (χ0v) is 11.9. The van der Waals surface area contributed by atoms with E-state index in [2.05, 4.69) is 0 Å². The van der Waals surface area contributed by atoms with Crippen molar-refractivity contribution in [2.75, 3.05) is 6.54 Å². The predicted molar refractivity (Wildman–Crippen MR) is 78.7 cm³/mol. The van der Waals surface area contributed by atoms with Crippen molar-refractivity contribution < 1.29 is 9.90 Å². The number of halogens is 1. The van der Waals surface area contributed by atoms with Crippen molar-refractivity contribution in [3.05, 3.63) is 33.7 Å². The van der Waals surface area contributed by atoms with E-state index in [1.165, 1.54) is 17.8 Å². The average molecular weight is 300 g/mol. The van der Waals surface area contributed by atoms with E-state index in [1.54, 1.807) is 23.1 Å². The van der Waals surface area contributed by atoms with Crippen LogP contribution in [0.3, 0.4) is 0 Å². The summed E-state index contributed by atoms with van der Waals surface area (Å²) in [5.41, 5.74) is 0.759. The fraction of sp³-hybridized carbons (Fsp3) is 0.167. The fourth-order valence-corrected chi connectivity index (χ4v) is 3.11. The summed E-state index contributed by atoms with van der Waals surface area (Å²) >= 11 is 12.2. The molecule has 1 heterocycles. The van der Waals surface area contributed by atoms with Gasteiger partial charge in [0.25, 0.3) is 5.91 Å². The van der Waals surface area contributed by atoms with Gasteiger partial charge in [-0.2, -0.15) is 0 Å². The Hall–Kier alpha value is -1.04. The molecule has 1 N–H and O–H groups in total. The monoisotopic (exact) mass is 299 g/mol. The van der Waals surface area contributed by atoms with Crippen LogP contribution >= 0.6 is 35.6 Å². The van der Waals surface area contributed by atoms with E-state index < -0.39 is 0 Å². The molecule has 0 bridgehead atoms. The molecule has 18 heavy (non-hydrogen) atoms. The van der Waals surface area contributed by atoms with Crippen molar-refractivity contribution in [1.29, 1.82) is 0 Å². The van der Waals surface area contributed by atoms with Crippen LogP contribution in [0.2, 0.25) is 5.02 Å². The van der Waals surface area contributed by atoms with Crippen LogP contribution in [0.25, 0.3) is 6.08 Å². The van der Waals surface area contributed by atoms with Crippen molar-refractivity contribution in [2.24, 2.45) is 0 Å². The second-order valence-electron chi connectivity index (χ2n) is 3.64. The number of thioether (sulfide) groups is 1. The highest BCUT2D eigenvalue weighted by Gasteiger charge is 2.30. The summed E-state index contributed by atoms with van der Waals surface area (Å²) in [6.07, 6.45) is 1.72. The van der Waals surface area contributed by atoms with Crippen LogP contribution in [0.15, 0.2) is 23.1 Å². The van der Waals surface area contributed by atoms with Gasteiger partial charge in [-0.25, -0.2) is 0 Å². The Kier molecular flexibility index (Phi) is 3.94. The minimum Gasteiger partial charge on any atom is -0.506 e. The first kappa shape index (κ1) is 13.4. The Morgan fingerprint density at radius 2 is 2.28 bits per heavy atom. The van der Waals surface area contributed by atoms with Crippen LogP contribution in [0, 0.1) is 0 Å². The van der Waals surface area contributed by atoms with Gasteiger partial charge in [-0.3, -0.25) is 9.69 Å². The van der Waals surface area contributed by atoms with Gasteiger partial charge in [-0.05, 0) is 30.7 Å². The Morgan fingerprint density at radius 1 is 1.56 bits per heavy atom. The van der Waals surface area contributed by atoms with Crippen LogP contribution in [-0.2, 0) is 4.79 Å². The van der Waals surface area contributed by atoms with Crippen LogP contribution in [0.1, 0.15) is 12.5 Å². The average Bonchev–Trinajstić information content (AvgIpc) is 2.59.